The maximum atomic E-state index is 12.0. The zero-order valence-electron chi connectivity index (χ0n) is 10.8. The van der Waals surface area contributed by atoms with Gasteiger partial charge < -0.3 is 14.5 Å². The monoisotopic (exact) mass is 277 g/mol. The third kappa shape index (κ3) is 3.54. The molecule has 0 aliphatic rings. The summed E-state index contributed by atoms with van der Waals surface area (Å²) in [5.74, 6) is 2.29. The number of hydrogen-bond acceptors (Lipinski definition) is 4. The van der Waals surface area contributed by atoms with E-state index in [4.69, 9.17) is 9.15 Å². The molecule has 19 heavy (non-hydrogen) atoms. The first kappa shape index (κ1) is 13.5. The molecule has 2 rings (SSSR count). The van der Waals surface area contributed by atoms with E-state index in [2.05, 4.69) is 5.32 Å². The van der Waals surface area contributed by atoms with E-state index in [1.807, 2.05) is 24.5 Å². The van der Waals surface area contributed by atoms with Crippen LogP contribution in [0.1, 0.15) is 16.3 Å². The number of furan rings is 1. The van der Waals surface area contributed by atoms with Gasteiger partial charge in [0.25, 0.3) is 5.91 Å². The van der Waals surface area contributed by atoms with Crippen LogP contribution in [0.2, 0.25) is 0 Å². The van der Waals surface area contributed by atoms with Gasteiger partial charge >= 0.3 is 0 Å². The molecular weight excluding hydrogens is 262 g/mol. The molecule has 2 aromatic rings. The number of nitrogens with one attached hydrogen (secondary N) is 1. The van der Waals surface area contributed by atoms with Gasteiger partial charge in [-0.2, -0.15) is 11.8 Å². The average Bonchev–Trinajstić information content (AvgIpc) is 2.88. The summed E-state index contributed by atoms with van der Waals surface area (Å²) in [5, 5.41) is 2.77. The number of methoxy groups -OCH3 is 1. The molecule has 0 spiro atoms. The minimum atomic E-state index is -0.263. The second-order valence-electron chi connectivity index (χ2n) is 3.89. The highest BCUT2D eigenvalue weighted by Gasteiger charge is 2.11. The second-order valence-corrected chi connectivity index (χ2v) is 4.75. The SMILES string of the molecule is COc1cccc(NC(=O)c2ccc(CSC)o2)c1. The number of benzene rings is 1. The number of rotatable bonds is 5. The lowest BCUT2D eigenvalue weighted by Gasteiger charge is -2.05. The van der Waals surface area contributed by atoms with Gasteiger partial charge in [-0.25, -0.2) is 0 Å². The Bertz CT molecular complexity index is 565. The molecule has 1 amide bonds. The topological polar surface area (TPSA) is 51.5 Å². The van der Waals surface area contributed by atoms with Crippen molar-refractivity contribution in [3.8, 4) is 5.75 Å². The summed E-state index contributed by atoms with van der Waals surface area (Å²) in [6.45, 7) is 0. The van der Waals surface area contributed by atoms with Gasteiger partial charge in [-0.15, -0.1) is 0 Å². The summed E-state index contributed by atoms with van der Waals surface area (Å²) < 4.78 is 10.6. The lowest BCUT2D eigenvalue weighted by Crippen LogP contribution is -2.10. The van der Waals surface area contributed by atoms with Gasteiger partial charge in [0.2, 0.25) is 0 Å². The molecule has 1 heterocycles. The van der Waals surface area contributed by atoms with Crippen molar-refractivity contribution in [2.75, 3.05) is 18.7 Å². The molecule has 0 bridgehead atoms. The standard InChI is InChI=1S/C14H15NO3S/c1-17-11-5-3-4-10(8-11)15-14(16)13-7-6-12(18-13)9-19-2/h3-8H,9H2,1-2H3,(H,15,16). The fraction of sp³-hybridized carbons (Fsp3) is 0.214. The molecule has 0 aliphatic carbocycles. The Morgan fingerprint density at radius 2 is 2.21 bits per heavy atom. The highest BCUT2D eigenvalue weighted by molar-refractivity contribution is 7.97. The summed E-state index contributed by atoms with van der Waals surface area (Å²) in [6.07, 6.45) is 1.98. The lowest BCUT2D eigenvalue weighted by molar-refractivity contribution is 0.0995. The van der Waals surface area contributed by atoms with Crippen LogP contribution in [0.25, 0.3) is 0 Å². The number of carbonyl (C=O) groups is 1. The normalized spacial score (nSPS) is 10.2. The molecule has 4 nitrogen and oxygen atoms in total. The third-order valence-corrected chi connectivity index (χ3v) is 3.07. The Kier molecular flexibility index (Phi) is 4.52. The average molecular weight is 277 g/mol. The van der Waals surface area contributed by atoms with Crippen molar-refractivity contribution < 1.29 is 13.9 Å². The van der Waals surface area contributed by atoms with Crippen LogP contribution in [0.4, 0.5) is 5.69 Å². The summed E-state index contributed by atoms with van der Waals surface area (Å²) >= 11 is 1.65. The van der Waals surface area contributed by atoms with Crippen molar-refractivity contribution in [1.82, 2.24) is 0 Å². The summed E-state index contributed by atoms with van der Waals surface area (Å²) in [4.78, 5) is 12.0. The minimum Gasteiger partial charge on any atom is -0.497 e. The fourth-order valence-electron chi connectivity index (χ4n) is 1.61. The fourth-order valence-corrected chi connectivity index (χ4v) is 2.05. The molecule has 0 fully saturated rings. The molecule has 0 saturated heterocycles. The van der Waals surface area contributed by atoms with Crippen molar-refractivity contribution >= 4 is 23.4 Å². The van der Waals surface area contributed by atoms with Crippen LogP contribution in [0.3, 0.4) is 0 Å². The Morgan fingerprint density at radius 1 is 1.37 bits per heavy atom. The molecule has 0 radical (unpaired) electrons. The summed E-state index contributed by atoms with van der Waals surface area (Å²) in [7, 11) is 1.59. The molecule has 1 aromatic heterocycles. The molecule has 100 valence electrons. The van der Waals surface area contributed by atoms with Crippen LogP contribution in [0, 0.1) is 0 Å². The van der Waals surface area contributed by atoms with E-state index in [0.29, 0.717) is 17.2 Å². The smallest absolute Gasteiger partial charge is 0.291 e. The van der Waals surface area contributed by atoms with E-state index >= 15 is 0 Å². The van der Waals surface area contributed by atoms with Crippen molar-refractivity contribution in [3.05, 3.63) is 47.9 Å². The number of carbonyl (C=O) groups excluding carboxylic acids is 1. The number of thioether (sulfide) groups is 1. The molecule has 1 N–H and O–H groups in total. The summed E-state index contributed by atoms with van der Waals surface area (Å²) in [5.41, 5.74) is 0.673. The van der Waals surface area contributed by atoms with Crippen LogP contribution in [0.15, 0.2) is 40.8 Å². The quantitative estimate of drug-likeness (QED) is 0.910. The van der Waals surface area contributed by atoms with Gasteiger partial charge in [0.1, 0.15) is 11.5 Å². The van der Waals surface area contributed by atoms with Gasteiger partial charge in [0.05, 0.1) is 12.9 Å². The first-order valence-corrected chi connectivity index (χ1v) is 7.15. The molecular formula is C14H15NO3S. The molecule has 0 atom stereocenters. The molecule has 0 unspecified atom stereocenters. The maximum absolute atomic E-state index is 12.0. The Balaban J connectivity index is 2.06. The van der Waals surface area contributed by atoms with E-state index in [9.17, 15) is 4.79 Å². The molecule has 0 saturated carbocycles. The van der Waals surface area contributed by atoms with Crippen LogP contribution in [-0.2, 0) is 5.75 Å². The number of anilines is 1. The minimum absolute atomic E-state index is 0.263. The van der Waals surface area contributed by atoms with Crippen LogP contribution >= 0.6 is 11.8 Å². The van der Waals surface area contributed by atoms with E-state index in [-0.39, 0.29) is 5.91 Å². The molecule has 1 aromatic carbocycles. The largest absolute Gasteiger partial charge is 0.497 e. The highest BCUT2D eigenvalue weighted by Crippen LogP contribution is 2.19. The first-order chi connectivity index (χ1) is 9.22. The van der Waals surface area contributed by atoms with Crippen molar-refractivity contribution in [3.63, 3.8) is 0 Å². The van der Waals surface area contributed by atoms with E-state index in [1.54, 1.807) is 37.1 Å². The van der Waals surface area contributed by atoms with E-state index in [0.717, 1.165) is 11.5 Å². The predicted octanol–water partition coefficient (Wildman–Crippen LogP) is 3.40. The van der Waals surface area contributed by atoms with Gasteiger partial charge in [-0.1, -0.05) is 6.07 Å². The lowest BCUT2D eigenvalue weighted by atomic mass is 10.3. The molecule has 0 aliphatic heterocycles. The van der Waals surface area contributed by atoms with Gasteiger partial charge in [0, 0.05) is 11.8 Å². The second kappa shape index (κ2) is 6.33. The Hall–Kier alpha value is -1.88. The van der Waals surface area contributed by atoms with E-state index < -0.39 is 0 Å². The van der Waals surface area contributed by atoms with E-state index in [1.165, 1.54) is 0 Å². The van der Waals surface area contributed by atoms with Crippen LogP contribution < -0.4 is 10.1 Å². The highest BCUT2D eigenvalue weighted by atomic mass is 32.2. The van der Waals surface area contributed by atoms with Crippen molar-refractivity contribution in [2.24, 2.45) is 0 Å². The van der Waals surface area contributed by atoms with Crippen molar-refractivity contribution in [1.29, 1.82) is 0 Å². The van der Waals surface area contributed by atoms with Gasteiger partial charge in [-0.3, -0.25) is 4.79 Å². The van der Waals surface area contributed by atoms with Crippen LogP contribution in [0.5, 0.6) is 5.75 Å². The number of amides is 1. The number of ether oxygens (including phenoxy) is 1. The third-order valence-electron chi connectivity index (χ3n) is 2.50. The summed E-state index contributed by atoms with van der Waals surface area (Å²) in [6, 6.07) is 10.7. The number of hydrogen-bond donors (Lipinski definition) is 1. The first-order valence-electron chi connectivity index (χ1n) is 5.76. The van der Waals surface area contributed by atoms with Gasteiger partial charge in [0.15, 0.2) is 5.76 Å². The zero-order chi connectivity index (χ0) is 13.7. The van der Waals surface area contributed by atoms with Gasteiger partial charge in [-0.05, 0) is 30.5 Å². The Labute approximate surface area is 116 Å². The van der Waals surface area contributed by atoms with Crippen molar-refractivity contribution in [2.45, 2.75) is 5.75 Å². The predicted molar refractivity (Wildman–Crippen MR) is 76.9 cm³/mol. The van der Waals surface area contributed by atoms with Crippen LogP contribution in [-0.4, -0.2) is 19.3 Å². The zero-order valence-corrected chi connectivity index (χ0v) is 11.6. The molecule has 5 heteroatoms. The Morgan fingerprint density at radius 3 is 2.95 bits per heavy atom. The maximum Gasteiger partial charge on any atom is 0.291 e.